The van der Waals surface area contributed by atoms with Crippen LogP contribution >= 0.6 is 21.6 Å². The summed E-state index contributed by atoms with van der Waals surface area (Å²) in [5, 5.41) is 22.4. The van der Waals surface area contributed by atoms with Gasteiger partial charge in [0.2, 0.25) is 0 Å². The first-order valence-corrected chi connectivity index (χ1v) is 11.4. The third-order valence-corrected chi connectivity index (χ3v) is 7.80. The smallest absolute Gasteiger partial charge is 0.307 e. The van der Waals surface area contributed by atoms with Crippen molar-refractivity contribution in [2.75, 3.05) is 0 Å². The molecular weight excluding hydrogens is 420 g/mol. The number of fused-ring (bicyclic) bond motifs is 2. The van der Waals surface area contributed by atoms with Crippen LogP contribution in [-0.4, -0.2) is 31.3 Å². The van der Waals surface area contributed by atoms with E-state index in [9.17, 15) is 19.8 Å². The van der Waals surface area contributed by atoms with Gasteiger partial charge in [0, 0.05) is 47.0 Å². The number of nitrogens with zero attached hydrogens (tertiary/aromatic N) is 2. The second-order valence-electron chi connectivity index (χ2n) is 7.03. The van der Waals surface area contributed by atoms with Crippen molar-refractivity contribution in [1.82, 2.24) is 9.13 Å². The first kappa shape index (κ1) is 20.4. The maximum absolute atomic E-state index is 11.5. The molecule has 0 fully saturated rings. The Labute approximate surface area is 180 Å². The fourth-order valence-corrected chi connectivity index (χ4v) is 6.72. The Balaban J connectivity index is 1.79. The van der Waals surface area contributed by atoms with Crippen LogP contribution in [0, 0.1) is 0 Å². The van der Waals surface area contributed by atoms with Crippen LogP contribution in [0.15, 0.2) is 58.6 Å². The van der Waals surface area contributed by atoms with Crippen molar-refractivity contribution in [3.63, 3.8) is 0 Å². The minimum atomic E-state index is -0.880. The third-order valence-electron chi connectivity index (χ3n) is 5.16. The molecule has 4 aromatic rings. The molecule has 0 bridgehead atoms. The van der Waals surface area contributed by atoms with Crippen molar-refractivity contribution in [3.8, 4) is 0 Å². The summed E-state index contributed by atoms with van der Waals surface area (Å²) in [6, 6.07) is 15.5. The first-order valence-electron chi connectivity index (χ1n) is 9.29. The van der Waals surface area contributed by atoms with Crippen molar-refractivity contribution in [3.05, 3.63) is 59.7 Å². The molecule has 2 N–H and O–H groups in total. The van der Waals surface area contributed by atoms with Crippen LogP contribution < -0.4 is 0 Å². The third kappa shape index (κ3) is 3.57. The highest BCUT2D eigenvalue weighted by molar-refractivity contribution is 8.76. The van der Waals surface area contributed by atoms with Crippen molar-refractivity contribution in [1.29, 1.82) is 0 Å². The Morgan fingerprint density at radius 3 is 1.47 bits per heavy atom. The molecule has 0 atom stereocenters. The van der Waals surface area contributed by atoms with Crippen LogP contribution in [0.3, 0.4) is 0 Å². The van der Waals surface area contributed by atoms with Gasteiger partial charge in [-0.3, -0.25) is 9.59 Å². The molecule has 0 saturated heterocycles. The predicted octanol–water partition coefficient (Wildman–Crippen LogP) is 4.72. The minimum absolute atomic E-state index is 0.0681. The molecule has 6 nitrogen and oxygen atoms in total. The highest BCUT2D eigenvalue weighted by Crippen LogP contribution is 2.45. The summed E-state index contributed by atoms with van der Waals surface area (Å²) in [6.45, 7) is 0. The second-order valence-corrected chi connectivity index (χ2v) is 9.13. The lowest BCUT2D eigenvalue weighted by molar-refractivity contribution is -0.137. The molecule has 2 aromatic carbocycles. The van der Waals surface area contributed by atoms with Crippen LogP contribution in [0.25, 0.3) is 21.8 Å². The Morgan fingerprint density at radius 2 is 1.10 bits per heavy atom. The Morgan fingerprint density at radius 1 is 0.733 bits per heavy atom. The summed E-state index contributed by atoms with van der Waals surface area (Å²) in [4.78, 5) is 23.0. The largest absolute Gasteiger partial charge is 0.481 e. The minimum Gasteiger partial charge on any atom is -0.481 e. The second kappa shape index (κ2) is 8.12. The zero-order valence-electron chi connectivity index (χ0n) is 16.5. The van der Waals surface area contributed by atoms with Gasteiger partial charge < -0.3 is 19.3 Å². The van der Waals surface area contributed by atoms with Crippen molar-refractivity contribution < 1.29 is 19.8 Å². The quantitative estimate of drug-likeness (QED) is 0.405. The topological polar surface area (TPSA) is 84.5 Å². The lowest BCUT2D eigenvalue weighted by atomic mass is 10.1. The van der Waals surface area contributed by atoms with E-state index in [1.54, 1.807) is 0 Å². The van der Waals surface area contributed by atoms with Gasteiger partial charge in [-0.1, -0.05) is 36.4 Å². The molecule has 30 heavy (non-hydrogen) atoms. The zero-order valence-corrected chi connectivity index (χ0v) is 18.1. The molecule has 0 amide bonds. The molecule has 2 heterocycles. The van der Waals surface area contributed by atoms with Crippen molar-refractivity contribution >= 4 is 55.3 Å². The van der Waals surface area contributed by atoms with Crippen LogP contribution in [0.1, 0.15) is 11.1 Å². The maximum atomic E-state index is 11.5. The summed E-state index contributed by atoms with van der Waals surface area (Å²) in [6.07, 6.45) is -0.136. The van der Waals surface area contributed by atoms with E-state index in [0.29, 0.717) is 0 Å². The molecule has 2 aromatic heterocycles. The van der Waals surface area contributed by atoms with Crippen LogP contribution in [0.4, 0.5) is 0 Å². The number of hydrogen-bond donors (Lipinski definition) is 2. The van der Waals surface area contributed by atoms with Gasteiger partial charge in [-0.25, -0.2) is 0 Å². The van der Waals surface area contributed by atoms with Gasteiger partial charge in [-0.05, 0) is 33.7 Å². The molecule has 4 rings (SSSR count). The number of para-hydroxylation sites is 2. The molecule has 0 radical (unpaired) electrons. The normalized spacial score (nSPS) is 11.4. The lowest BCUT2D eigenvalue weighted by Gasteiger charge is -2.09. The molecular formula is C22H20N2O4S2. The van der Waals surface area contributed by atoms with E-state index >= 15 is 0 Å². The van der Waals surface area contributed by atoms with Gasteiger partial charge in [-0.2, -0.15) is 0 Å². The number of aromatic nitrogens is 2. The summed E-state index contributed by atoms with van der Waals surface area (Å²) in [5.41, 5.74) is 3.49. The average molecular weight is 441 g/mol. The van der Waals surface area contributed by atoms with Crippen molar-refractivity contribution in [2.45, 2.75) is 22.9 Å². The highest BCUT2D eigenvalue weighted by Gasteiger charge is 2.22. The molecule has 0 saturated carbocycles. The van der Waals surface area contributed by atoms with Crippen molar-refractivity contribution in [2.24, 2.45) is 14.1 Å². The number of carboxylic acids is 2. The number of carbonyl (C=O) groups is 2. The van der Waals surface area contributed by atoms with Gasteiger partial charge in [0.15, 0.2) is 0 Å². The van der Waals surface area contributed by atoms with E-state index in [-0.39, 0.29) is 12.8 Å². The Bertz CT molecular complexity index is 1190. The van der Waals surface area contributed by atoms with E-state index in [0.717, 1.165) is 43.0 Å². The van der Waals surface area contributed by atoms with E-state index < -0.39 is 11.9 Å². The molecule has 0 aliphatic rings. The van der Waals surface area contributed by atoms with Gasteiger partial charge >= 0.3 is 11.9 Å². The number of rotatable bonds is 7. The first-order chi connectivity index (χ1) is 14.4. The summed E-state index contributed by atoms with van der Waals surface area (Å²) < 4.78 is 4.01. The Kier molecular flexibility index (Phi) is 5.53. The van der Waals surface area contributed by atoms with E-state index in [1.165, 1.54) is 21.6 Å². The highest BCUT2D eigenvalue weighted by atomic mass is 33.1. The number of benzene rings is 2. The average Bonchev–Trinajstić information content (AvgIpc) is 3.12. The number of aryl methyl sites for hydroxylation is 2. The van der Waals surface area contributed by atoms with Gasteiger partial charge in [0.25, 0.3) is 0 Å². The van der Waals surface area contributed by atoms with Gasteiger partial charge in [0.1, 0.15) is 0 Å². The summed E-state index contributed by atoms with van der Waals surface area (Å²) in [5.74, 6) is -1.76. The number of hydrogen-bond acceptors (Lipinski definition) is 4. The SMILES string of the molecule is Cn1c(SSc2c(CC(=O)O)c3ccccc3n2C)c(CC(=O)O)c2ccccc21. The fourth-order valence-electron chi connectivity index (χ4n) is 3.83. The summed E-state index contributed by atoms with van der Waals surface area (Å²) in [7, 11) is 6.79. The fraction of sp³-hybridized carbons (Fsp3) is 0.182. The van der Waals surface area contributed by atoms with Crippen LogP contribution in [0.2, 0.25) is 0 Å². The Hall–Kier alpha value is -2.84. The van der Waals surface area contributed by atoms with E-state index in [2.05, 4.69) is 0 Å². The number of carboxylic acid groups (broad SMARTS) is 2. The molecule has 8 heteroatoms. The number of aliphatic carboxylic acids is 2. The standard InChI is InChI=1S/C22H20N2O4S2/c1-23-17-9-5-3-7-13(17)15(11-19(25)26)21(23)29-30-22-16(12-20(27)28)14-8-4-6-10-18(14)24(22)2/h3-10H,11-12H2,1-2H3,(H,25,26)(H,27,28). The maximum Gasteiger partial charge on any atom is 0.307 e. The predicted molar refractivity (Wildman–Crippen MR) is 120 cm³/mol. The monoisotopic (exact) mass is 440 g/mol. The lowest BCUT2D eigenvalue weighted by Crippen LogP contribution is -2.02. The van der Waals surface area contributed by atoms with E-state index in [4.69, 9.17) is 0 Å². The molecule has 0 aliphatic carbocycles. The molecule has 154 valence electrons. The molecule has 0 unspecified atom stereocenters. The van der Waals surface area contributed by atoms with Crippen LogP contribution in [0.5, 0.6) is 0 Å². The van der Waals surface area contributed by atoms with Crippen LogP contribution in [-0.2, 0) is 36.5 Å². The zero-order chi connectivity index (χ0) is 21.4. The van der Waals surface area contributed by atoms with Gasteiger partial charge in [0.05, 0.1) is 22.9 Å². The van der Waals surface area contributed by atoms with Gasteiger partial charge in [-0.15, -0.1) is 0 Å². The molecule has 0 spiro atoms. The molecule has 0 aliphatic heterocycles. The summed E-state index contributed by atoms with van der Waals surface area (Å²) >= 11 is 0. The van der Waals surface area contributed by atoms with E-state index in [1.807, 2.05) is 71.8 Å².